The predicted octanol–water partition coefficient (Wildman–Crippen LogP) is 1.01. The van der Waals surface area contributed by atoms with Gasteiger partial charge in [0.25, 0.3) is 0 Å². The lowest BCUT2D eigenvalue weighted by molar-refractivity contribution is -0.136. The van der Waals surface area contributed by atoms with Gasteiger partial charge in [0.05, 0.1) is 12.5 Å². The van der Waals surface area contributed by atoms with Crippen LogP contribution in [-0.2, 0) is 22.6 Å². The third-order valence-electron chi connectivity index (χ3n) is 2.88. The van der Waals surface area contributed by atoms with E-state index in [0.717, 1.165) is 11.3 Å². The predicted molar refractivity (Wildman–Crippen MR) is 80.6 cm³/mol. The van der Waals surface area contributed by atoms with Gasteiger partial charge in [-0.2, -0.15) is 11.8 Å². The number of rotatable bonds is 8. The van der Waals surface area contributed by atoms with Crippen LogP contribution in [0.1, 0.15) is 17.5 Å². The van der Waals surface area contributed by atoms with E-state index < -0.39 is 12.0 Å². The number of hydrogen-bond acceptors (Lipinski definition) is 4. The molecule has 1 amide bonds. The zero-order valence-electron chi connectivity index (χ0n) is 11.5. The summed E-state index contributed by atoms with van der Waals surface area (Å²) in [4.78, 5) is 22.6. The maximum atomic E-state index is 11.8. The fourth-order valence-electron chi connectivity index (χ4n) is 1.75. The van der Waals surface area contributed by atoms with E-state index >= 15 is 0 Å². The average molecular weight is 296 g/mol. The summed E-state index contributed by atoms with van der Waals surface area (Å²) in [6.07, 6.45) is 2.54. The van der Waals surface area contributed by atoms with Gasteiger partial charge in [-0.1, -0.05) is 24.3 Å². The highest BCUT2D eigenvalue weighted by Gasteiger charge is 2.13. The molecular weight excluding hydrogens is 276 g/mol. The molecule has 6 heteroatoms. The number of hydrogen-bond donors (Lipinski definition) is 3. The lowest BCUT2D eigenvalue weighted by Crippen LogP contribution is -2.40. The normalized spacial score (nSPS) is 11.9. The molecular formula is C14H20N2O3S. The molecule has 110 valence electrons. The van der Waals surface area contributed by atoms with Crippen molar-refractivity contribution in [3.05, 3.63) is 35.4 Å². The Bertz CT molecular complexity index is 465. The lowest BCUT2D eigenvalue weighted by Gasteiger charge is -2.13. The Kier molecular flexibility index (Phi) is 7.11. The number of carboxylic acids is 1. The van der Waals surface area contributed by atoms with Gasteiger partial charge < -0.3 is 16.2 Å². The summed E-state index contributed by atoms with van der Waals surface area (Å²) >= 11 is 1.65. The molecule has 5 nitrogen and oxygen atoms in total. The molecule has 20 heavy (non-hydrogen) atoms. The molecule has 0 unspecified atom stereocenters. The van der Waals surface area contributed by atoms with E-state index in [1.165, 1.54) is 0 Å². The molecule has 0 saturated heterocycles. The summed E-state index contributed by atoms with van der Waals surface area (Å²) in [5.41, 5.74) is 7.28. The SMILES string of the molecule is CSCC[C@@H](N)C(=O)NCc1ccccc1CC(=O)O. The summed E-state index contributed by atoms with van der Waals surface area (Å²) in [5, 5.41) is 11.6. The highest BCUT2D eigenvalue weighted by Crippen LogP contribution is 2.09. The van der Waals surface area contributed by atoms with Crippen molar-refractivity contribution < 1.29 is 14.7 Å². The third-order valence-corrected chi connectivity index (χ3v) is 3.53. The van der Waals surface area contributed by atoms with Crippen molar-refractivity contribution in [1.29, 1.82) is 0 Å². The second-order valence-corrected chi connectivity index (χ2v) is 5.43. The molecule has 0 fully saturated rings. The zero-order chi connectivity index (χ0) is 15.0. The van der Waals surface area contributed by atoms with Crippen molar-refractivity contribution in [3.63, 3.8) is 0 Å². The van der Waals surface area contributed by atoms with Gasteiger partial charge in [0.1, 0.15) is 0 Å². The Morgan fingerprint density at radius 1 is 1.35 bits per heavy atom. The quantitative estimate of drug-likeness (QED) is 0.666. The van der Waals surface area contributed by atoms with Gasteiger partial charge in [0.2, 0.25) is 5.91 Å². The van der Waals surface area contributed by atoms with Gasteiger partial charge in [-0.15, -0.1) is 0 Å². The molecule has 1 aromatic rings. The third kappa shape index (κ3) is 5.63. The second-order valence-electron chi connectivity index (χ2n) is 4.44. The maximum absolute atomic E-state index is 11.8. The Labute approximate surface area is 122 Å². The van der Waals surface area contributed by atoms with Gasteiger partial charge in [0, 0.05) is 6.54 Å². The minimum absolute atomic E-state index is 0.0510. The average Bonchev–Trinajstić information content (AvgIpc) is 2.42. The van der Waals surface area contributed by atoms with Crippen molar-refractivity contribution in [2.24, 2.45) is 5.73 Å². The molecule has 0 aliphatic carbocycles. The van der Waals surface area contributed by atoms with Gasteiger partial charge in [-0.3, -0.25) is 9.59 Å². The minimum atomic E-state index is -0.888. The zero-order valence-corrected chi connectivity index (χ0v) is 12.3. The summed E-state index contributed by atoms with van der Waals surface area (Å²) < 4.78 is 0. The first kappa shape index (κ1) is 16.5. The topological polar surface area (TPSA) is 92.4 Å². The van der Waals surface area contributed by atoms with Crippen LogP contribution in [0.2, 0.25) is 0 Å². The van der Waals surface area contributed by atoms with Gasteiger partial charge in [-0.05, 0) is 29.6 Å². The minimum Gasteiger partial charge on any atom is -0.481 e. The van der Waals surface area contributed by atoms with Crippen LogP contribution in [0, 0.1) is 0 Å². The highest BCUT2D eigenvalue weighted by molar-refractivity contribution is 7.98. The van der Waals surface area contributed by atoms with Crippen LogP contribution in [0.5, 0.6) is 0 Å². The van der Waals surface area contributed by atoms with E-state index in [1.54, 1.807) is 23.9 Å². The van der Waals surface area contributed by atoms with Crippen LogP contribution in [0.25, 0.3) is 0 Å². The van der Waals surface area contributed by atoms with E-state index in [-0.39, 0.29) is 12.3 Å². The molecule has 4 N–H and O–H groups in total. The smallest absolute Gasteiger partial charge is 0.307 e. The van der Waals surface area contributed by atoms with E-state index in [0.29, 0.717) is 18.5 Å². The van der Waals surface area contributed by atoms with Crippen LogP contribution in [0.4, 0.5) is 0 Å². The van der Waals surface area contributed by atoms with E-state index in [4.69, 9.17) is 10.8 Å². The molecule has 0 aliphatic rings. The monoisotopic (exact) mass is 296 g/mol. The Balaban J connectivity index is 2.56. The number of nitrogens with one attached hydrogen (secondary N) is 1. The summed E-state index contributed by atoms with van der Waals surface area (Å²) in [6, 6.07) is 6.65. The van der Waals surface area contributed by atoms with Crippen LogP contribution >= 0.6 is 11.8 Å². The number of carbonyl (C=O) groups is 2. The Morgan fingerprint density at radius 2 is 2.00 bits per heavy atom. The molecule has 0 saturated carbocycles. The molecule has 0 heterocycles. The molecule has 1 atom stereocenters. The van der Waals surface area contributed by atoms with Crippen LogP contribution in [0.3, 0.4) is 0 Å². The molecule has 0 aliphatic heterocycles. The summed E-state index contributed by atoms with van der Waals surface area (Å²) in [5.74, 6) is -0.255. The molecule has 1 rings (SSSR count). The first-order chi connectivity index (χ1) is 9.54. The van der Waals surface area contributed by atoms with Crippen LogP contribution < -0.4 is 11.1 Å². The van der Waals surface area contributed by atoms with E-state index in [9.17, 15) is 9.59 Å². The van der Waals surface area contributed by atoms with Crippen molar-refractivity contribution in [3.8, 4) is 0 Å². The molecule has 0 spiro atoms. The number of amides is 1. The van der Waals surface area contributed by atoms with Crippen molar-refractivity contribution in [2.75, 3.05) is 12.0 Å². The first-order valence-corrected chi connectivity index (χ1v) is 7.74. The number of thioether (sulfide) groups is 1. The molecule has 0 radical (unpaired) electrons. The van der Waals surface area contributed by atoms with Crippen molar-refractivity contribution in [2.45, 2.75) is 25.4 Å². The molecule has 1 aromatic carbocycles. The number of aliphatic carboxylic acids is 1. The Hall–Kier alpha value is -1.53. The molecule has 0 bridgehead atoms. The molecule has 0 aromatic heterocycles. The number of nitrogens with two attached hydrogens (primary N) is 1. The van der Waals surface area contributed by atoms with E-state index in [1.807, 2.05) is 18.4 Å². The fourth-order valence-corrected chi connectivity index (χ4v) is 2.24. The maximum Gasteiger partial charge on any atom is 0.307 e. The van der Waals surface area contributed by atoms with Crippen LogP contribution in [-0.4, -0.2) is 35.0 Å². The van der Waals surface area contributed by atoms with Gasteiger partial charge in [-0.25, -0.2) is 0 Å². The Morgan fingerprint density at radius 3 is 2.60 bits per heavy atom. The summed E-state index contributed by atoms with van der Waals surface area (Å²) in [7, 11) is 0. The van der Waals surface area contributed by atoms with Gasteiger partial charge >= 0.3 is 5.97 Å². The summed E-state index contributed by atoms with van der Waals surface area (Å²) in [6.45, 7) is 0.301. The second kappa shape index (κ2) is 8.60. The largest absolute Gasteiger partial charge is 0.481 e. The lowest BCUT2D eigenvalue weighted by atomic mass is 10.0. The van der Waals surface area contributed by atoms with Crippen LogP contribution in [0.15, 0.2) is 24.3 Å². The standard InChI is InChI=1S/C14H20N2O3S/c1-20-7-6-12(15)14(19)16-9-11-5-3-2-4-10(11)8-13(17)18/h2-5,12H,6-9,15H2,1H3,(H,16,19)(H,17,18)/t12-/m1/s1. The first-order valence-electron chi connectivity index (χ1n) is 6.35. The number of benzene rings is 1. The van der Waals surface area contributed by atoms with Gasteiger partial charge in [0.15, 0.2) is 0 Å². The number of carboxylic acid groups (broad SMARTS) is 1. The fraction of sp³-hybridized carbons (Fsp3) is 0.429. The number of carbonyl (C=O) groups excluding carboxylic acids is 1. The van der Waals surface area contributed by atoms with Crippen molar-refractivity contribution >= 4 is 23.6 Å². The van der Waals surface area contributed by atoms with Crippen molar-refractivity contribution in [1.82, 2.24) is 5.32 Å². The highest BCUT2D eigenvalue weighted by atomic mass is 32.2. The van der Waals surface area contributed by atoms with E-state index in [2.05, 4.69) is 5.32 Å².